The van der Waals surface area contributed by atoms with Crippen molar-refractivity contribution >= 4 is 23.0 Å². The SMILES string of the molecule is CC1CCN(c2ccc(C(=O)Nc3ccc(CC#N)cc3)cc2[N+](=O)[O-])CC1. The number of anilines is 2. The lowest BCUT2D eigenvalue weighted by atomic mass is 9.98. The number of nitrogens with one attached hydrogen (secondary N) is 1. The van der Waals surface area contributed by atoms with E-state index in [4.69, 9.17) is 5.26 Å². The van der Waals surface area contributed by atoms with E-state index >= 15 is 0 Å². The van der Waals surface area contributed by atoms with E-state index in [1.165, 1.54) is 6.07 Å². The number of hydrogen-bond donors (Lipinski definition) is 1. The van der Waals surface area contributed by atoms with E-state index in [0.29, 0.717) is 23.7 Å². The van der Waals surface area contributed by atoms with Gasteiger partial charge >= 0.3 is 0 Å². The summed E-state index contributed by atoms with van der Waals surface area (Å²) in [6, 6.07) is 13.6. The molecule has 2 aromatic carbocycles. The van der Waals surface area contributed by atoms with E-state index in [9.17, 15) is 14.9 Å². The van der Waals surface area contributed by atoms with Crippen molar-refractivity contribution in [3.05, 3.63) is 63.7 Å². The monoisotopic (exact) mass is 378 g/mol. The highest BCUT2D eigenvalue weighted by Crippen LogP contribution is 2.32. The first-order valence-corrected chi connectivity index (χ1v) is 9.28. The number of nitro benzene ring substituents is 1. The molecule has 1 heterocycles. The van der Waals surface area contributed by atoms with Crippen molar-refractivity contribution in [1.29, 1.82) is 5.26 Å². The number of benzene rings is 2. The highest BCUT2D eigenvalue weighted by Gasteiger charge is 2.24. The van der Waals surface area contributed by atoms with Crippen LogP contribution in [0.3, 0.4) is 0 Å². The van der Waals surface area contributed by atoms with Crippen LogP contribution in [0.2, 0.25) is 0 Å². The van der Waals surface area contributed by atoms with Crippen molar-refractivity contribution in [3.63, 3.8) is 0 Å². The molecule has 1 aliphatic rings. The Hall–Kier alpha value is -3.40. The third-order valence-electron chi connectivity index (χ3n) is 5.05. The first-order valence-electron chi connectivity index (χ1n) is 9.28. The van der Waals surface area contributed by atoms with E-state index in [2.05, 4.69) is 18.3 Å². The quantitative estimate of drug-likeness (QED) is 0.622. The number of nitriles is 1. The molecule has 1 amide bonds. The summed E-state index contributed by atoms with van der Waals surface area (Å²) in [4.78, 5) is 25.7. The number of hydrogen-bond acceptors (Lipinski definition) is 5. The van der Waals surface area contributed by atoms with Crippen molar-refractivity contribution in [2.45, 2.75) is 26.2 Å². The van der Waals surface area contributed by atoms with Crippen molar-refractivity contribution in [1.82, 2.24) is 0 Å². The van der Waals surface area contributed by atoms with Crippen molar-refractivity contribution in [3.8, 4) is 6.07 Å². The zero-order valence-corrected chi connectivity index (χ0v) is 15.7. The maximum Gasteiger partial charge on any atom is 0.293 e. The first-order chi connectivity index (χ1) is 13.5. The molecular formula is C21H22N4O3. The van der Waals surface area contributed by atoms with Gasteiger partial charge in [0, 0.05) is 30.4 Å². The Morgan fingerprint density at radius 2 is 1.93 bits per heavy atom. The Balaban J connectivity index is 1.78. The van der Waals surface area contributed by atoms with E-state index in [0.717, 1.165) is 31.5 Å². The van der Waals surface area contributed by atoms with E-state index in [1.807, 2.05) is 4.90 Å². The Morgan fingerprint density at radius 1 is 1.25 bits per heavy atom. The Morgan fingerprint density at radius 3 is 2.54 bits per heavy atom. The Bertz CT molecular complexity index is 910. The molecule has 2 aromatic rings. The fourth-order valence-corrected chi connectivity index (χ4v) is 3.33. The van der Waals surface area contributed by atoms with Crippen LogP contribution in [0.15, 0.2) is 42.5 Å². The van der Waals surface area contributed by atoms with Crippen LogP contribution >= 0.6 is 0 Å². The Kier molecular flexibility index (Phi) is 5.90. The predicted octanol–water partition coefficient (Wildman–Crippen LogP) is 4.15. The largest absolute Gasteiger partial charge is 0.366 e. The van der Waals surface area contributed by atoms with Crippen LogP contribution in [0.1, 0.15) is 35.7 Å². The summed E-state index contributed by atoms with van der Waals surface area (Å²) in [7, 11) is 0. The molecule has 0 atom stereocenters. The molecule has 1 saturated heterocycles. The normalized spacial score (nSPS) is 14.4. The van der Waals surface area contributed by atoms with Crippen LogP contribution in [0.25, 0.3) is 0 Å². The molecule has 0 bridgehead atoms. The van der Waals surface area contributed by atoms with Gasteiger partial charge in [0.1, 0.15) is 5.69 Å². The zero-order valence-electron chi connectivity index (χ0n) is 15.7. The second-order valence-corrected chi connectivity index (χ2v) is 7.12. The predicted molar refractivity (Wildman–Crippen MR) is 107 cm³/mol. The van der Waals surface area contributed by atoms with E-state index in [-0.39, 0.29) is 11.3 Å². The fraction of sp³-hybridized carbons (Fsp3) is 0.333. The van der Waals surface area contributed by atoms with Crippen molar-refractivity contribution < 1.29 is 9.72 Å². The summed E-state index contributed by atoms with van der Waals surface area (Å²) in [6.45, 7) is 3.75. The van der Waals surface area contributed by atoms with Gasteiger partial charge in [-0.1, -0.05) is 19.1 Å². The average molecular weight is 378 g/mol. The highest BCUT2D eigenvalue weighted by atomic mass is 16.6. The Labute approximate surface area is 163 Å². The zero-order chi connectivity index (χ0) is 20.1. The molecular weight excluding hydrogens is 356 g/mol. The summed E-state index contributed by atoms with van der Waals surface area (Å²) in [5.41, 5.74) is 2.18. The molecule has 0 spiro atoms. The summed E-state index contributed by atoms with van der Waals surface area (Å²) in [5, 5.41) is 23.0. The smallest absolute Gasteiger partial charge is 0.293 e. The van der Waals surface area contributed by atoms with Crippen LogP contribution in [-0.2, 0) is 6.42 Å². The number of carbonyl (C=O) groups is 1. The summed E-state index contributed by atoms with van der Waals surface area (Å²) in [5.74, 6) is 0.217. The second-order valence-electron chi connectivity index (χ2n) is 7.12. The standard InChI is InChI=1S/C21H22N4O3/c1-15-9-12-24(13-10-15)19-7-4-17(14-20(19)25(27)28)21(26)23-18-5-2-16(3-6-18)8-11-22/h2-7,14-15H,8-10,12-13H2,1H3,(H,23,26). The van der Waals surface area contributed by atoms with Gasteiger partial charge in [-0.3, -0.25) is 14.9 Å². The number of amides is 1. The van der Waals surface area contributed by atoms with Crippen molar-refractivity contribution in [2.24, 2.45) is 5.92 Å². The van der Waals surface area contributed by atoms with Crippen LogP contribution in [0.5, 0.6) is 0 Å². The lowest BCUT2D eigenvalue weighted by Gasteiger charge is -2.31. The number of carbonyl (C=O) groups excluding carboxylic acids is 1. The minimum atomic E-state index is -0.430. The average Bonchev–Trinajstić information content (AvgIpc) is 2.70. The fourth-order valence-electron chi connectivity index (χ4n) is 3.33. The van der Waals surface area contributed by atoms with Crippen LogP contribution in [-0.4, -0.2) is 23.9 Å². The van der Waals surface area contributed by atoms with Gasteiger partial charge in [0.15, 0.2) is 0 Å². The molecule has 144 valence electrons. The minimum absolute atomic E-state index is 0.0495. The van der Waals surface area contributed by atoms with Gasteiger partial charge in [0.2, 0.25) is 0 Å². The van der Waals surface area contributed by atoms with Crippen LogP contribution in [0, 0.1) is 27.4 Å². The number of nitro groups is 1. The van der Waals surface area contributed by atoms with Crippen LogP contribution < -0.4 is 10.2 Å². The van der Waals surface area contributed by atoms with Gasteiger partial charge in [-0.05, 0) is 48.6 Å². The molecule has 3 rings (SSSR count). The number of piperidine rings is 1. The molecule has 0 saturated carbocycles. The molecule has 7 nitrogen and oxygen atoms in total. The molecule has 7 heteroatoms. The van der Waals surface area contributed by atoms with Crippen molar-refractivity contribution in [2.75, 3.05) is 23.3 Å². The molecule has 28 heavy (non-hydrogen) atoms. The van der Waals surface area contributed by atoms with Gasteiger partial charge in [-0.15, -0.1) is 0 Å². The summed E-state index contributed by atoms with van der Waals surface area (Å²) in [6.07, 6.45) is 2.31. The van der Waals surface area contributed by atoms with Gasteiger partial charge in [0.25, 0.3) is 11.6 Å². The van der Waals surface area contributed by atoms with Gasteiger partial charge in [0.05, 0.1) is 17.4 Å². The molecule has 0 radical (unpaired) electrons. The highest BCUT2D eigenvalue weighted by molar-refractivity contribution is 6.05. The lowest BCUT2D eigenvalue weighted by molar-refractivity contribution is -0.384. The van der Waals surface area contributed by atoms with Gasteiger partial charge in [-0.25, -0.2) is 0 Å². The topological polar surface area (TPSA) is 99.3 Å². The lowest BCUT2D eigenvalue weighted by Crippen LogP contribution is -2.33. The molecule has 0 aliphatic carbocycles. The number of rotatable bonds is 5. The summed E-state index contributed by atoms with van der Waals surface area (Å²) < 4.78 is 0. The molecule has 0 aromatic heterocycles. The van der Waals surface area contributed by atoms with Gasteiger partial charge < -0.3 is 10.2 Å². The van der Waals surface area contributed by atoms with Crippen LogP contribution in [0.4, 0.5) is 17.1 Å². The van der Waals surface area contributed by atoms with Gasteiger partial charge in [-0.2, -0.15) is 5.26 Å². The first kappa shape index (κ1) is 19.4. The summed E-state index contributed by atoms with van der Waals surface area (Å²) >= 11 is 0. The molecule has 1 fully saturated rings. The third kappa shape index (κ3) is 4.46. The minimum Gasteiger partial charge on any atom is -0.366 e. The maximum absolute atomic E-state index is 12.5. The second kappa shape index (κ2) is 8.53. The third-order valence-corrected chi connectivity index (χ3v) is 5.05. The molecule has 0 unspecified atom stereocenters. The van der Waals surface area contributed by atoms with E-state index in [1.54, 1.807) is 36.4 Å². The molecule has 1 aliphatic heterocycles. The maximum atomic E-state index is 12.5. The molecule has 1 N–H and O–H groups in total. The number of nitrogens with zero attached hydrogens (tertiary/aromatic N) is 3. The van der Waals surface area contributed by atoms with E-state index < -0.39 is 10.8 Å².